The fourth-order valence-electron chi connectivity index (χ4n) is 3.07. The molecule has 0 radical (unpaired) electrons. The first-order chi connectivity index (χ1) is 8.66. The number of carbonyl (C=O) groups excluding carboxylic acids is 1. The highest BCUT2D eigenvalue weighted by Gasteiger charge is 2.24. The normalized spacial score (nSPS) is 33.2. The third-order valence-corrected chi connectivity index (χ3v) is 4.35. The summed E-state index contributed by atoms with van der Waals surface area (Å²) in [6.07, 6.45) is 4.93. The molecule has 2 saturated heterocycles. The molecule has 0 aromatic rings. The zero-order chi connectivity index (χ0) is 13.0. The van der Waals surface area contributed by atoms with Crippen molar-refractivity contribution in [3.63, 3.8) is 0 Å². The van der Waals surface area contributed by atoms with Crippen LogP contribution < -0.4 is 10.6 Å². The second-order valence-corrected chi connectivity index (χ2v) is 6.06. The average Bonchev–Trinajstić information content (AvgIpc) is 2.37. The SMILES string of the molecule is CC1CCCN(C(=O)NCC2NCCCC2C)C1. The highest BCUT2D eigenvalue weighted by molar-refractivity contribution is 5.74. The highest BCUT2D eigenvalue weighted by Crippen LogP contribution is 2.16. The molecule has 18 heavy (non-hydrogen) atoms. The molecule has 4 heteroatoms. The van der Waals surface area contributed by atoms with E-state index in [9.17, 15) is 4.79 Å². The number of urea groups is 1. The predicted molar refractivity (Wildman–Crippen MR) is 73.6 cm³/mol. The number of rotatable bonds is 2. The molecule has 2 aliphatic rings. The van der Waals surface area contributed by atoms with Gasteiger partial charge < -0.3 is 15.5 Å². The third-order valence-electron chi connectivity index (χ3n) is 4.35. The number of amides is 2. The molecule has 0 aliphatic carbocycles. The third kappa shape index (κ3) is 3.61. The average molecular weight is 253 g/mol. The molecule has 2 amide bonds. The van der Waals surface area contributed by atoms with E-state index in [4.69, 9.17) is 0 Å². The molecule has 2 N–H and O–H groups in total. The van der Waals surface area contributed by atoms with E-state index >= 15 is 0 Å². The Morgan fingerprint density at radius 2 is 2.17 bits per heavy atom. The lowest BCUT2D eigenvalue weighted by Gasteiger charge is -2.33. The molecule has 2 aliphatic heterocycles. The molecule has 3 atom stereocenters. The number of nitrogens with zero attached hydrogens (tertiary/aromatic N) is 1. The zero-order valence-electron chi connectivity index (χ0n) is 11.7. The summed E-state index contributed by atoms with van der Waals surface area (Å²) in [5.41, 5.74) is 0. The first-order valence-corrected chi connectivity index (χ1v) is 7.43. The van der Waals surface area contributed by atoms with E-state index in [1.165, 1.54) is 19.3 Å². The predicted octanol–water partition coefficient (Wildman–Crippen LogP) is 1.82. The molecule has 2 fully saturated rings. The standard InChI is InChI=1S/C14H27N3O/c1-11-5-4-8-17(10-11)14(18)16-9-13-12(2)6-3-7-15-13/h11-13,15H,3-10H2,1-2H3,(H,16,18). The smallest absolute Gasteiger partial charge is 0.317 e. The van der Waals surface area contributed by atoms with E-state index in [2.05, 4.69) is 24.5 Å². The van der Waals surface area contributed by atoms with Gasteiger partial charge >= 0.3 is 6.03 Å². The van der Waals surface area contributed by atoms with Crippen LogP contribution >= 0.6 is 0 Å². The van der Waals surface area contributed by atoms with Crippen LogP contribution in [0.5, 0.6) is 0 Å². The van der Waals surface area contributed by atoms with Gasteiger partial charge in [0.05, 0.1) is 0 Å². The summed E-state index contributed by atoms with van der Waals surface area (Å²) >= 11 is 0. The Kier molecular flexibility index (Phi) is 4.87. The number of carbonyl (C=O) groups is 1. The van der Waals surface area contributed by atoms with Crippen LogP contribution in [0.15, 0.2) is 0 Å². The van der Waals surface area contributed by atoms with E-state index in [0.29, 0.717) is 17.9 Å². The molecule has 0 spiro atoms. The van der Waals surface area contributed by atoms with Gasteiger partial charge in [0.15, 0.2) is 0 Å². The molecule has 0 saturated carbocycles. The molecule has 104 valence electrons. The molecular formula is C14H27N3O. The van der Waals surface area contributed by atoms with Crippen LogP contribution in [0.1, 0.15) is 39.5 Å². The summed E-state index contributed by atoms with van der Waals surface area (Å²) < 4.78 is 0. The van der Waals surface area contributed by atoms with Crippen LogP contribution in [-0.2, 0) is 0 Å². The minimum atomic E-state index is 0.126. The Labute approximate surface area is 110 Å². The molecule has 2 rings (SSSR count). The van der Waals surface area contributed by atoms with Gasteiger partial charge in [-0.2, -0.15) is 0 Å². The summed E-state index contributed by atoms with van der Waals surface area (Å²) in [6, 6.07) is 0.575. The van der Waals surface area contributed by atoms with Crippen molar-refractivity contribution in [1.29, 1.82) is 0 Å². The summed E-state index contributed by atoms with van der Waals surface area (Å²) in [4.78, 5) is 14.1. The summed E-state index contributed by atoms with van der Waals surface area (Å²) in [5, 5.41) is 6.60. The summed E-state index contributed by atoms with van der Waals surface area (Å²) in [7, 11) is 0. The minimum absolute atomic E-state index is 0.126. The lowest BCUT2D eigenvalue weighted by atomic mass is 9.93. The fraction of sp³-hybridized carbons (Fsp3) is 0.929. The Morgan fingerprint density at radius 1 is 1.33 bits per heavy atom. The van der Waals surface area contributed by atoms with E-state index in [0.717, 1.165) is 32.6 Å². The Bertz CT molecular complexity index is 282. The van der Waals surface area contributed by atoms with Crippen molar-refractivity contribution in [1.82, 2.24) is 15.5 Å². The van der Waals surface area contributed by atoms with E-state index in [1.54, 1.807) is 0 Å². The van der Waals surface area contributed by atoms with Crippen LogP contribution in [0.4, 0.5) is 4.79 Å². The van der Waals surface area contributed by atoms with E-state index < -0.39 is 0 Å². The van der Waals surface area contributed by atoms with Gasteiger partial charge in [0.1, 0.15) is 0 Å². The fourth-order valence-corrected chi connectivity index (χ4v) is 3.07. The summed E-state index contributed by atoms with van der Waals surface area (Å²) in [6.45, 7) is 8.19. The lowest BCUT2D eigenvalue weighted by Crippen LogP contribution is -2.51. The monoisotopic (exact) mass is 253 g/mol. The van der Waals surface area contributed by atoms with Crippen molar-refractivity contribution in [3.05, 3.63) is 0 Å². The maximum absolute atomic E-state index is 12.1. The Morgan fingerprint density at radius 3 is 2.89 bits per heavy atom. The zero-order valence-corrected chi connectivity index (χ0v) is 11.7. The van der Waals surface area contributed by atoms with Crippen molar-refractivity contribution in [2.45, 2.75) is 45.6 Å². The number of piperidine rings is 2. The van der Waals surface area contributed by atoms with Gasteiger partial charge in [-0.3, -0.25) is 0 Å². The van der Waals surface area contributed by atoms with Crippen molar-refractivity contribution in [2.75, 3.05) is 26.2 Å². The van der Waals surface area contributed by atoms with E-state index in [-0.39, 0.29) is 6.03 Å². The van der Waals surface area contributed by atoms with Crippen LogP contribution in [0.25, 0.3) is 0 Å². The van der Waals surface area contributed by atoms with Gasteiger partial charge in [-0.1, -0.05) is 13.8 Å². The topological polar surface area (TPSA) is 44.4 Å². The molecule has 2 heterocycles. The van der Waals surface area contributed by atoms with Crippen LogP contribution in [0.3, 0.4) is 0 Å². The van der Waals surface area contributed by atoms with Crippen LogP contribution in [-0.4, -0.2) is 43.2 Å². The number of likely N-dealkylation sites (tertiary alicyclic amines) is 1. The van der Waals surface area contributed by atoms with Crippen molar-refractivity contribution in [3.8, 4) is 0 Å². The lowest BCUT2D eigenvalue weighted by molar-refractivity contribution is 0.166. The molecule has 3 unspecified atom stereocenters. The Balaban J connectivity index is 1.73. The van der Waals surface area contributed by atoms with Gasteiger partial charge in [0, 0.05) is 25.7 Å². The van der Waals surface area contributed by atoms with Gasteiger partial charge in [-0.15, -0.1) is 0 Å². The van der Waals surface area contributed by atoms with E-state index in [1.807, 2.05) is 4.90 Å². The Hall–Kier alpha value is -0.770. The van der Waals surface area contributed by atoms with Crippen molar-refractivity contribution >= 4 is 6.03 Å². The van der Waals surface area contributed by atoms with Crippen molar-refractivity contribution in [2.24, 2.45) is 11.8 Å². The molecular weight excluding hydrogens is 226 g/mol. The van der Waals surface area contributed by atoms with Gasteiger partial charge in [-0.25, -0.2) is 4.79 Å². The summed E-state index contributed by atoms with van der Waals surface area (Å²) in [5.74, 6) is 1.32. The first-order valence-electron chi connectivity index (χ1n) is 7.43. The maximum Gasteiger partial charge on any atom is 0.317 e. The second kappa shape index (κ2) is 6.41. The van der Waals surface area contributed by atoms with Crippen LogP contribution in [0, 0.1) is 11.8 Å². The van der Waals surface area contributed by atoms with Crippen LogP contribution in [0.2, 0.25) is 0 Å². The quantitative estimate of drug-likeness (QED) is 0.788. The molecule has 0 aromatic carbocycles. The van der Waals surface area contributed by atoms with Gasteiger partial charge in [0.25, 0.3) is 0 Å². The number of nitrogens with one attached hydrogen (secondary N) is 2. The van der Waals surface area contributed by atoms with Crippen molar-refractivity contribution < 1.29 is 4.79 Å². The molecule has 4 nitrogen and oxygen atoms in total. The second-order valence-electron chi connectivity index (χ2n) is 6.06. The van der Waals surface area contributed by atoms with Gasteiger partial charge in [-0.05, 0) is 44.1 Å². The number of hydrogen-bond donors (Lipinski definition) is 2. The first kappa shape index (κ1) is 13.7. The molecule has 0 aromatic heterocycles. The highest BCUT2D eigenvalue weighted by atomic mass is 16.2. The van der Waals surface area contributed by atoms with Gasteiger partial charge in [0.2, 0.25) is 0 Å². The molecule has 0 bridgehead atoms. The number of hydrogen-bond acceptors (Lipinski definition) is 2. The minimum Gasteiger partial charge on any atom is -0.336 e. The maximum atomic E-state index is 12.1. The largest absolute Gasteiger partial charge is 0.336 e.